The van der Waals surface area contributed by atoms with Gasteiger partial charge in [0.1, 0.15) is 17.3 Å². The Morgan fingerprint density at radius 3 is 2.61 bits per heavy atom. The highest BCUT2D eigenvalue weighted by atomic mass is 19.1. The first-order valence-electron chi connectivity index (χ1n) is 8.83. The minimum atomic E-state index is -0.367. The van der Waals surface area contributed by atoms with Gasteiger partial charge in [-0.15, -0.1) is 0 Å². The van der Waals surface area contributed by atoms with Crippen LogP contribution >= 0.6 is 0 Å². The molecule has 0 bridgehead atoms. The van der Waals surface area contributed by atoms with Crippen LogP contribution in [0, 0.1) is 12.7 Å². The van der Waals surface area contributed by atoms with Crippen LogP contribution in [0.3, 0.4) is 0 Å². The van der Waals surface area contributed by atoms with Crippen molar-refractivity contribution in [3.05, 3.63) is 77.4 Å². The van der Waals surface area contributed by atoms with E-state index < -0.39 is 0 Å². The minimum absolute atomic E-state index is 0.242. The molecule has 3 rings (SSSR count). The quantitative estimate of drug-likeness (QED) is 0.654. The van der Waals surface area contributed by atoms with Crippen molar-refractivity contribution < 1.29 is 13.9 Å². The molecule has 0 aliphatic heterocycles. The van der Waals surface area contributed by atoms with Crippen LogP contribution in [-0.2, 0) is 6.42 Å². The number of halogens is 1. The van der Waals surface area contributed by atoms with Gasteiger partial charge in [-0.05, 0) is 55.3 Å². The lowest BCUT2D eigenvalue weighted by molar-refractivity contribution is 0.0949. The first-order chi connectivity index (χ1) is 13.5. The molecule has 0 saturated carbocycles. The van der Waals surface area contributed by atoms with Crippen molar-refractivity contribution in [1.82, 2.24) is 15.3 Å². The van der Waals surface area contributed by atoms with Crippen LogP contribution < -0.4 is 15.4 Å². The summed E-state index contributed by atoms with van der Waals surface area (Å²) in [6.45, 7) is 2.24. The third kappa shape index (κ3) is 5.26. The normalized spacial score (nSPS) is 10.4. The van der Waals surface area contributed by atoms with Crippen LogP contribution in [-0.4, -0.2) is 29.5 Å². The number of nitrogens with zero attached hydrogens (tertiary/aromatic N) is 2. The Morgan fingerprint density at radius 1 is 1.11 bits per heavy atom. The highest BCUT2D eigenvalue weighted by Crippen LogP contribution is 2.15. The summed E-state index contributed by atoms with van der Waals surface area (Å²) in [5.41, 5.74) is 2.49. The third-order valence-corrected chi connectivity index (χ3v) is 4.03. The molecule has 0 unspecified atom stereocenters. The molecule has 6 nitrogen and oxygen atoms in total. The number of carbonyl (C=O) groups excluding carboxylic acids is 1. The number of carbonyl (C=O) groups is 1. The number of methoxy groups -OCH3 is 1. The molecule has 0 spiro atoms. The predicted octanol–water partition coefficient (Wildman–Crippen LogP) is 3.65. The number of aromatic nitrogens is 2. The molecular weight excluding hydrogens is 359 g/mol. The molecule has 0 fully saturated rings. The Bertz CT molecular complexity index is 961. The van der Waals surface area contributed by atoms with Crippen molar-refractivity contribution in [2.75, 3.05) is 19.0 Å². The van der Waals surface area contributed by atoms with E-state index in [4.69, 9.17) is 4.74 Å². The molecule has 3 aromatic rings. The van der Waals surface area contributed by atoms with Crippen LogP contribution in [0.25, 0.3) is 0 Å². The Kier molecular flexibility index (Phi) is 6.16. The van der Waals surface area contributed by atoms with Crippen LogP contribution in [0.2, 0.25) is 0 Å². The average Bonchev–Trinajstić information content (AvgIpc) is 2.68. The molecule has 144 valence electrons. The van der Waals surface area contributed by atoms with E-state index in [1.165, 1.54) is 12.1 Å². The van der Waals surface area contributed by atoms with Gasteiger partial charge >= 0.3 is 0 Å². The molecule has 0 saturated heterocycles. The summed E-state index contributed by atoms with van der Waals surface area (Å²) in [5, 5.41) is 5.77. The fourth-order valence-corrected chi connectivity index (χ4v) is 2.64. The maximum atomic E-state index is 13.3. The fourth-order valence-electron chi connectivity index (χ4n) is 2.64. The third-order valence-electron chi connectivity index (χ3n) is 4.03. The van der Waals surface area contributed by atoms with Gasteiger partial charge < -0.3 is 15.4 Å². The average molecular weight is 380 g/mol. The topological polar surface area (TPSA) is 76.1 Å². The smallest absolute Gasteiger partial charge is 0.270 e. The number of benzene rings is 2. The van der Waals surface area contributed by atoms with Gasteiger partial charge in [-0.2, -0.15) is 0 Å². The molecule has 0 atom stereocenters. The number of anilines is 2. The Balaban J connectivity index is 1.61. The Hall–Kier alpha value is -3.48. The maximum Gasteiger partial charge on any atom is 0.270 e. The van der Waals surface area contributed by atoms with E-state index in [-0.39, 0.29) is 23.4 Å². The molecule has 0 radical (unpaired) electrons. The van der Waals surface area contributed by atoms with Crippen molar-refractivity contribution in [2.45, 2.75) is 13.3 Å². The van der Waals surface area contributed by atoms with Crippen LogP contribution in [0.15, 0.2) is 54.6 Å². The van der Waals surface area contributed by atoms with Gasteiger partial charge in [0.15, 0.2) is 0 Å². The van der Waals surface area contributed by atoms with Crippen molar-refractivity contribution in [3.8, 4) is 5.75 Å². The molecule has 0 aliphatic carbocycles. The fraction of sp³-hybridized carbons (Fsp3) is 0.190. The molecule has 28 heavy (non-hydrogen) atoms. The van der Waals surface area contributed by atoms with Crippen molar-refractivity contribution in [2.24, 2.45) is 0 Å². The zero-order valence-electron chi connectivity index (χ0n) is 15.7. The molecular formula is C21H21FN4O2. The van der Waals surface area contributed by atoms with E-state index in [2.05, 4.69) is 20.6 Å². The maximum absolute atomic E-state index is 13.3. The number of hydrogen-bond donors (Lipinski definition) is 2. The zero-order valence-corrected chi connectivity index (χ0v) is 15.7. The van der Waals surface area contributed by atoms with Crippen molar-refractivity contribution >= 4 is 17.5 Å². The van der Waals surface area contributed by atoms with Crippen LogP contribution in [0.4, 0.5) is 16.0 Å². The molecule has 1 heterocycles. The van der Waals surface area contributed by atoms with E-state index in [9.17, 15) is 9.18 Å². The summed E-state index contributed by atoms with van der Waals surface area (Å²) in [5.74, 6) is 0.379. The van der Waals surface area contributed by atoms with E-state index in [1.54, 1.807) is 32.2 Å². The number of nitrogens with one attached hydrogen (secondary N) is 2. The van der Waals surface area contributed by atoms with Gasteiger partial charge in [0, 0.05) is 17.9 Å². The number of aryl methyl sites for hydroxylation is 1. The summed E-state index contributed by atoms with van der Waals surface area (Å²) >= 11 is 0. The summed E-state index contributed by atoms with van der Waals surface area (Å²) in [6.07, 6.45) is 0.689. The largest absolute Gasteiger partial charge is 0.497 e. The Morgan fingerprint density at radius 2 is 1.89 bits per heavy atom. The Labute approximate surface area is 162 Å². The molecule has 0 aliphatic rings. The number of hydrogen-bond acceptors (Lipinski definition) is 5. The van der Waals surface area contributed by atoms with Gasteiger partial charge in [0.05, 0.1) is 7.11 Å². The second kappa shape index (κ2) is 8.94. The number of ether oxygens (including phenoxy) is 1. The van der Waals surface area contributed by atoms with E-state index in [0.29, 0.717) is 24.3 Å². The first-order valence-corrected chi connectivity index (χ1v) is 8.83. The van der Waals surface area contributed by atoms with Gasteiger partial charge in [0.25, 0.3) is 5.91 Å². The number of amides is 1. The van der Waals surface area contributed by atoms with Gasteiger partial charge in [-0.25, -0.2) is 14.4 Å². The SMILES string of the molecule is COc1ccc(CCNC(=O)c2cc(C)nc(Nc3cccc(F)c3)n2)cc1. The van der Waals surface area contributed by atoms with Crippen LogP contribution in [0.1, 0.15) is 21.7 Å². The highest BCUT2D eigenvalue weighted by Gasteiger charge is 2.11. The lowest BCUT2D eigenvalue weighted by Crippen LogP contribution is -2.27. The summed E-state index contributed by atoms with van der Waals surface area (Å²) < 4.78 is 18.5. The lowest BCUT2D eigenvalue weighted by Gasteiger charge is -2.09. The van der Waals surface area contributed by atoms with Crippen molar-refractivity contribution in [3.63, 3.8) is 0 Å². The monoisotopic (exact) mass is 380 g/mol. The second-order valence-corrected chi connectivity index (χ2v) is 6.21. The second-order valence-electron chi connectivity index (χ2n) is 6.21. The van der Waals surface area contributed by atoms with E-state index in [0.717, 1.165) is 11.3 Å². The zero-order chi connectivity index (χ0) is 19.9. The molecule has 1 aromatic heterocycles. The summed E-state index contributed by atoms with van der Waals surface area (Å²) in [4.78, 5) is 20.9. The standard InChI is InChI=1S/C21H21FN4O2/c1-14-12-19(26-21(24-14)25-17-5-3-4-16(22)13-17)20(27)23-11-10-15-6-8-18(28-2)9-7-15/h3-9,12-13H,10-11H2,1-2H3,(H,23,27)(H,24,25,26). The van der Waals surface area contributed by atoms with Crippen molar-refractivity contribution in [1.29, 1.82) is 0 Å². The summed E-state index contributed by atoms with van der Waals surface area (Å²) in [6, 6.07) is 15.3. The molecule has 1 amide bonds. The molecule has 2 aromatic carbocycles. The number of rotatable bonds is 7. The van der Waals surface area contributed by atoms with Crippen LogP contribution in [0.5, 0.6) is 5.75 Å². The van der Waals surface area contributed by atoms with E-state index in [1.807, 2.05) is 24.3 Å². The summed E-state index contributed by atoms with van der Waals surface area (Å²) in [7, 11) is 1.62. The van der Waals surface area contributed by atoms with Gasteiger partial charge in [0.2, 0.25) is 5.95 Å². The van der Waals surface area contributed by atoms with E-state index >= 15 is 0 Å². The predicted molar refractivity (Wildman–Crippen MR) is 105 cm³/mol. The lowest BCUT2D eigenvalue weighted by atomic mass is 10.1. The highest BCUT2D eigenvalue weighted by molar-refractivity contribution is 5.92. The van der Waals surface area contributed by atoms with Gasteiger partial charge in [-0.3, -0.25) is 4.79 Å². The van der Waals surface area contributed by atoms with Gasteiger partial charge in [-0.1, -0.05) is 18.2 Å². The molecule has 2 N–H and O–H groups in total. The minimum Gasteiger partial charge on any atom is -0.497 e. The first kappa shape index (κ1) is 19.3. The molecule has 7 heteroatoms.